The van der Waals surface area contributed by atoms with Crippen LogP contribution in [0.2, 0.25) is 0 Å². The van der Waals surface area contributed by atoms with Crippen LogP contribution in [0.1, 0.15) is 26.7 Å². The molecule has 0 aromatic carbocycles. The molecular weight excluding hydrogens is 164 g/mol. The highest BCUT2D eigenvalue weighted by Crippen LogP contribution is 2.26. The Morgan fingerprint density at radius 2 is 2.38 bits per heavy atom. The molecule has 1 heterocycles. The molecule has 0 spiro atoms. The fourth-order valence-corrected chi connectivity index (χ4v) is 2.12. The summed E-state index contributed by atoms with van der Waals surface area (Å²) in [7, 11) is 0. The Balaban J connectivity index is 2.55. The first-order chi connectivity index (χ1) is 6.20. The van der Waals surface area contributed by atoms with Crippen LogP contribution in [0.15, 0.2) is 0 Å². The third-order valence-corrected chi connectivity index (χ3v) is 3.07. The lowest BCUT2D eigenvalue weighted by molar-refractivity contribution is 0.110. The van der Waals surface area contributed by atoms with Gasteiger partial charge in [0.25, 0.3) is 0 Å². The van der Waals surface area contributed by atoms with Crippen molar-refractivity contribution in [2.24, 2.45) is 5.92 Å². The summed E-state index contributed by atoms with van der Waals surface area (Å²) >= 11 is 0. The third-order valence-electron chi connectivity index (χ3n) is 3.07. The van der Waals surface area contributed by atoms with E-state index in [1.165, 1.54) is 0 Å². The van der Waals surface area contributed by atoms with Gasteiger partial charge < -0.3 is 5.11 Å². The molecular formula is C10H18N2O. The molecule has 1 aliphatic heterocycles. The van der Waals surface area contributed by atoms with Crippen molar-refractivity contribution in [1.29, 1.82) is 5.26 Å². The van der Waals surface area contributed by atoms with Crippen molar-refractivity contribution in [3.05, 3.63) is 0 Å². The summed E-state index contributed by atoms with van der Waals surface area (Å²) in [5, 5.41) is 17.8. The highest BCUT2D eigenvalue weighted by Gasteiger charge is 2.33. The smallest absolute Gasteiger partial charge is 0.0638 e. The molecule has 3 heteroatoms. The number of aliphatic hydroxyl groups is 1. The molecule has 0 amide bonds. The molecule has 0 aromatic rings. The maximum atomic E-state index is 9.20. The van der Waals surface area contributed by atoms with Gasteiger partial charge in [-0.05, 0) is 25.8 Å². The zero-order valence-corrected chi connectivity index (χ0v) is 8.40. The molecule has 0 bridgehead atoms. The Morgan fingerprint density at radius 1 is 1.69 bits per heavy atom. The lowest BCUT2D eigenvalue weighted by atomic mass is 10.0. The van der Waals surface area contributed by atoms with Crippen molar-refractivity contribution >= 4 is 0 Å². The van der Waals surface area contributed by atoms with Crippen LogP contribution in [0, 0.1) is 17.2 Å². The topological polar surface area (TPSA) is 47.3 Å². The Morgan fingerprint density at radius 3 is 2.92 bits per heavy atom. The fourth-order valence-electron chi connectivity index (χ4n) is 2.12. The maximum Gasteiger partial charge on any atom is 0.0638 e. The van der Waals surface area contributed by atoms with E-state index in [2.05, 4.69) is 24.8 Å². The molecule has 3 nitrogen and oxygen atoms in total. The predicted octanol–water partition coefficient (Wildman–Crippen LogP) is 0.991. The number of nitrogens with zero attached hydrogens (tertiary/aromatic N) is 2. The van der Waals surface area contributed by atoms with Gasteiger partial charge in [0.2, 0.25) is 0 Å². The highest BCUT2D eigenvalue weighted by atomic mass is 16.3. The van der Waals surface area contributed by atoms with Crippen LogP contribution >= 0.6 is 0 Å². The summed E-state index contributed by atoms with van der Waals surface area (Å²) in [6.07, 6.45) is 1.70. The van der Waals surface area contributed by atoms with Crippen LogP contribution < -0.4 is 0 Å². The fraction of sp³-hybridized carbons (Fsp3) is 0.900. The van der Waals surface area contributed by atoms with Gasteiger partial charge >= 0.3 is 0 Å². The average Bonchev–Trinajstić information content (AvgIpc) is 2.47. The van der Waals surface area contributed by atoms with Crippen molar-refractivity contribution in [3.8, 4) is 6.07 Å². The monoisotopic (exact) mass is 182 g/mol. The normalized spacial score (nSPS) is 31.5. The van der Waals surface area contributed by atoms with E-state index in [0.717, 1.165) is 13.0 Å². The Bertz CT molecular complexity index is 200. The van der Waals surface area contributed by atoms with E-state index in [-0.39, 0.29) is 18.7 Å². The number of likely N-dealkylation sites (tertiary alicyclic amines) is 1. The molecule has 3 atom stereocenters. The lowest BCUT2D eigenvalue weighted by Gasteiger charge is -2.29. The van der Waals surface area contributed by atoms with Crippen molar-refractivity contribution < 1.29 is 5.11 Å². The molecule has 1 N–H and O–H groups in total. The van der Waals surface area contributed by atoms with Gasteiger partial charge in [0.05, 0.1) is 19.1 Å². The number of hydrogen-bond donors (Lipinski definition) is 1. The molecule has 0 aliphatic carbocycles. The molecule has 1 rings (SSSR count). The number of aliphatic hydroxyl groups excluding tert-OH is 1. The molecule has 0 aromatic heterocycles. The second kappa shape index (κ2) is 4.59. The van der Waals surface area contributed by atoms with E-state index in [4.69, 9.17) is 5.26 Å². The molecule has 1 fully saturated rings. The summed E-state index contributed by atoms with van der Waals surface area (Å²) in [4.78, 5) is 2.26. The van der Waals surface area contributed by atoms with Gasteiger partial charge in [0.1, 0.15) is 0 Å². The van der Waals surface area contributed by atoms with Crippen LogP contribution in [-0.2, 0) is 0 Å². The van der Waals surface area contributed by atoms with Gasteiger partial charge in [-0.2, -0.15) is 5.26 Å². The second-order valence-electron chi connectivity index (χ2n) is 3.96. The Labute approximate surface area is 80.0 Å². The largest absolute Gasteiger partial charge is 0.395 e. The Hall–Kier alpha value is -0.590. The first-order valence-corrected chi connectivity index (χ1v) is 4.94. The van der Waals surface area contributed by atoms with Gasteiger partial charge in [-0.1, -0.05) is 6.92 Å². The number of nitriles is 1. The molecule has 13 heavy (non-hydrogen) atoms. The van der Waals surface area contributed by atoms with Crippen molar-refractivity contribution in [2.45, 2.75) is 38.8 Å². The van der Waals surface area contributed by atoms with Crippen LogP contribution in [0.5, 0.6) is 0 Å². The van der Waals surface area contributed by atoms with Crippen LogP contribution in [0.4, 0.5) is 0 Å². The standard InChI is InChI=1S/C10H18N2O/c1-8-4-6-12(10(8)7-13)9(2)3-5-11/h8-10,13H,3-4,6-7H2,1-2H3. The number of hydrogen-bond acceptors (Lipinski definition) is 3. The maximum absolute atomic E-state index is 9.20. The van der Waals surface area contributed by atoms with E-state index in [1.54, 1.807) is 0 Å². The molecule has 1 aliphatic rings. The SMILES string of the molecule is CC1CCN(C(C)CC#N)C1CO. The Kier molecular flexibility index (Phi) is 3.71. The number of rotatable bonds is 3. The second-order valence-corrected chi connectivity index (χ2v) is 3.96. The van der Waals surface area contributed by atoms with Crippen molar-refractivity contribution in [1.82, 2.24) is 4.90 Å². The third kappa shape index (κ3) is 2.20. The van der Waals surface area contributed by atoms with Gasteiger partial charge in [0, 0.05) is 12.1 Å². The van der Waals surface area contributed by atoms with Gasteiger partial charge in [0.15, 0.2) is 0 Å². The van der Waals surface area contributed by atoms with E-state index in [1.807, 2.05) is 0 Å². The summed E-state index contributed by atoms with van der Waals surface area (Å²) in [6.45, 7) is 5.47. The quantitative estimate of drug-likeness (QED) is 0.708. The van der Waals surface area contributed by atoms with Gasteiger partial charge in [-0.3, -0.25) is 4.90 Å². The lowest BCUT2D eigenvalue weighted by Crippen LogP contribution is -2.41. The summed E-state index contributed by atoms with van der Waals surface area (Å²) in [6, 6.07) is 2.73. The summed E-state index contributed by atoms with van der Waals surface area (Å²) in [5.41, 5.74) is 0. The molecule has 1 saturated heterocycles. The first-order valence-electron chi connectivity index (χ1n) is 4.94. The van der Waals surface area contributed by atoms with Crippen LogP contribution in [-0.4, -0.2) is 35.2 Å². The van der Waals surface area contributed by atoms with E-state index in [0.29, 0.717) is 12.3 Å². The van der Waals surface area contributed by atoms with Gasteiger partial charge in [-0.15, -0.1) is 0 Å². The van der Waals surface area contributed by atoms with Crippen LogP contribution in [0.3, 0.4) is 0 Å². The predicted molar refractivity (Wildman–Crippen MR) is 51.1 cm³/mol. The molecule has 3 unspecified atom stereocenters. The minimum Gasteiger partial charge on any atom is -0.395 e. The van der Waals surface area contributed by atoms with E-state index in [9.17, 15) is 5.11 Å². The molecule has 0 saturated carbocycles. The van der Waals surface area contributed by atoms with E-state index < -0.39 is 0 Å². The molecule has 74 valence electrons. The minimum atomic E-state index is 0.219. The summed E-state index contributed by atoms with van der Waals surface area (Å²) < 4.78 is 0. The van der Waals surface area contributed by atoms with E-state index >= 15 is 0 Å². The minimum absolute atomic E-state index is 0.219. The first kappa shape index (κ1) is 10.5. The molecule has 0 radical (unpaired) electrons. The highest BCUT2D eigenvalue weighted by molar-refractivity contribution is 4.90. The zero-order chi connectivity index (χ0) is 9.84. The average molecular weight is 182 g/mol. The van der Waals surface area contributed by atoms with Crippen molar-refractivity contribution in [3.63, 3.8) is 0 Å². The summed E-state index contributed by atoms with van der Waals surface area (Å²) in [5.74, 6) is 0.561. The zero-order valence-electron chi connectivity index (χ0n) is 8.40. The van der Waals surface area contributed by atoms with Crippen LogP contribution in [0.25, 0.3) is 0 Å². The van der Waals surface area contributed by atoms with Crippen molar-refractivity contribution in [2.75, 3.05) is 13.2 Å². The van der Waals surface area contributed by atoms with Gasteiger partial charge in [-0.25, -0.2) is 0 Å².